The molecule has 0 saturated heterocycles. The number of carbonyl (C=O) groups excluding carboxylic acids is 1. The van der Waals surface area contributed by atoms with Crippen molar-refractivity contribution in [3.8, 4) is 11.5 Å². The number of rotatable bonds is 7. The fourth-order valence-electron chi connectivity index (χ4n) is 3.35. The SMILES string of the molecule is CCCOc1ccc(C2NC(=S)N(C3CC3)C(C)=C2C(=O)OC)cc1OC. The van der Waals surface area contributed by atoms with E-state index in [9.17, 15) is 4.79 Å². The second kappa shape index (κ2) is 8.17. The molecule has 1 atom stereocenters. The fourth-order valence-corrected chi connectivity index (χ4v) is 3.75. The van der Waals surface area contributed by atoms with Crippen LogP contribution in [0.2, 0.25) is 0 Å². The van der Waals surface area contributed by atoms with Gasteiger partial charge in [-0.3, -0.25) is 0 Å². The van der Waals surface area contributed by atoms with Crippen molar-refractivity contribution in [3.63, 3.8) is 0 Å². The second-order valence-corrected chi connectivity index (χ2v) is 7.12. The maximum Gasteiger partial charge on any atom is 0.337 e. The van der Waals surface area contributed by atoms with Gasteiger partial charge in [0.05, 0.1) is 32.4 Å². The van der Waals surface area contributed by atoms with E-state index in [1.807, 2.05) is 30.0 Å². The topological polar surface area (TPSA) is 60.0 Å². The van der Waals surface area contributed by atoms with Crippen molar-refractivity contribution in [1.29, 1.82) is 0 Å². The number of carbonyl (C=O) groups is 1. The minimum atomic E-state index is -0.394. The van der Waals surface area contributed by atoms with Gasteiger partial charge in [-0.1, -0.05) is 13.0 Å². The smallest absolute Gasteiger partial charge is 0.337 e. The van der Waals surface area contributed by atoms with Crippen molar-refractivity contribution < 1.29 is 19.0 Å². The zero-order chi connectivity index (χ0) is 19.6. The van der Waals surface area contributed by atoms with Crippen LogP contribution < -0.4 is 14.8 Å². The summed E-state index contributed by atoms with van der Waals surface area (Å²) in [6.45, 7) is 4.60. The van der Waals surface area contributed by atoms with Crippen LogP contribution in [0.1, 0.15) is 44.7 Å². The summed E-state index contributed by atoms with van der Waals surface area (Å²) in [6, 6.07) is 5.65. The van der Waals surface area contributed by atoms with E-state index >= 15 is 0 Å². The molecule has 1 unspecified atom stereocenters. The van der Waals surface area contributed by atoms with Gasteiger partial charge in [0.15, 0.2) is 16.6 Å². The van der Waals surface area contributed by atoms with Crippen LogP contribution in [0.4, 0.5) is 0 Å². The van der Waals surface area contributed by atoms with Crippen LogP contribution >= 0.6 is 12.2 Å². The first kappa shape index (κ1) is 19.5. The van der Waals surface area contributed by atoms with Crippen LogP contribution in [0.5, 0.6) is 11.5 Å². The van der Waals surface area contributed by atoms with Gasteiger partial charge in [0.1, 0.15) is 0 Å². The number of esters is 1. The molecule has 0 aromatic heterocycles. The number of hydrogen-bond acceptors (Lipinski definition) is 5. The quantitative estimate of drug-likeness (QED) is 0.566. The summed E-state index contributed by atoms with van der Waals surface area (Å²) in [6.07, 6.45) is 3.07. The normalized spacial score (nSPS) is 19.6. The highest BCUT2D eigenvalue weighted by molar-refractivity contribution is 7.80. The van der Waals surface area contributed by atoms with E-state index in [1.54, 1.807) is 7.11 Å². The number of allylic oxidation sites excluding steroid dienone is 1. The van der Waals surface area contributed by atoms with Crippen LogP contribution in [0.3, 0.4) is 0 Å². The molecule has 7 heteroatoms. The predicted molar refractivity (Wildman–Crippen MR) is 107 cm³/mol. The van der Waals surface area contributed by atoms with E-state index in [1.165, 1.54) is 7.11 Å². The lowest BCUT2D eigenvalue weighted by molar-refractivity contribution is -0.136. The van der Waals surface area contributed by atoms with E-state index in [0.717, 1.165) is 30.5 Å². The van der Waals surface area contributed by atoms with Crippen LogP contribution in [-0.2, 0) is 9.53 Å². The van der Waals surface area contributed by atoms with Gasteiger partial charge in [0.25, 0.3) is 0 Å². The van der Waals surface area contributed by atoms with Gasteiger partial charge < -0.3 is 24.4 Å². The molecule has 1 aliphatic heterocycles. The van der Waals surface area contributed by atoms with Crippen LogP contribution in [0.15, 0.2) is 29.5 Å². The first-order chi connectivity index (χ1) is 13.0. The number of benzene rings is 1. The summed E-state index contributed by atoms with van der Waals surface area (Å²) in [5.74, 6) is 0.949. The maximum absolute atomic E-state index is 12.6. The summed E-state index contributed by atoms with van der Waals surface area (Å²) in [4.78, 5) is 14.6. The van der Waals surface area contributed by atoms with Crippen molar-refractivity contribution in [2.75, 3.05) is 20.8 Å². The lowest BCUT2D eigenvalue weighted by Gasteiger charge is -2.37. The lowest BCUT2D eigenvalue weighted by atomic mass is 9.94. The molecule has 2 aliphatic rings. The molecule has 1 aliphatic carbocycles. The summed E-state index contributed by atoms with van der Waals surface area (Å²) in [5.41, 5.74) is 2.29. The van der Waals surface area contributed by atoms with E-state index in [-0.39, 0.29) is 5.97 Å². The molecule has 1 heterocycles. The average molecular weight is 391 g/mol. The van der Waals surface area contributed by atoms with Crippen molar-refractivity contribution in [1.82, 2.24) is 10.2 Å². The number of hydrogen-bond donors (Lipinski definition) is 1. The van der Waals surface area contributed by atoms with Crippen molar-refractivity contribution in [2.24, 2.45) is 0 Å². The fraction of sp³-hybridized carbons (Fsp3) is 0.500. The Kier molecular flexibility index (Phi) is 5.89. The molecule has 6 nitrogen and oxygen atoms in total. The van der Waals surface area contributed by atoms with E-state index in [2.05, 4.69) is 12.2 Å². The van der Waals surface area contributed by atoms with E-state index < -0.39 is 6.04 Å². The molecule has 146 valence electrons. The molecule has 1 saturated carbocycles. The highest BCUT2D eigenvalue weighted by atomic mass is 32.1. The van der Waals surface area contributed by atoms with Crippen molar-refractivity contribution in [2.45, 2.75) is 45.2 Å². The summed E-state index contributed by atoms with van der Waals surface area (Å²) in [5, 5.41) is 3.95. The predicted octanol–water partition coefficient (Wildman–Crippen LogP) is 3.32. The molecule has 0 spiro atoms. The third kappa shape index (κ3) is 3.88. The molecule has 0 amide bonds. The number of nitrogens with one attached hydrogen (secondary N) is 1. The highest BCUT2D eigenvalue weighted by Crippen LogP contribution is 2.39. The number of nitrogens with zero attached hydrogens (tertiary/aromatic N) is 1. The minimum Gasteiger partial charge on any atom is -0.493 e. The Labute approximate surface area is 165 Å². The Morgan fingerprint density at radius 2 is 2.04 bits per heavy atom. The van der Waals surface area contributed by atoms with Gasteiger partial charge in [-0.25, -0.2) is 4.79 Å². The Balaban J connectivity index is 2.01. The number of methoxy groups -OCH3 is 2. The van der Waals surface area contributed by atoms with Gasteiger partial charge in [0.2, 0.25) is 0 Å². The van der Waals surface area contributed by atoms with Crippen molar-refractivity contribution in [3.05, 3.63) is 35.0 Å². The number of thiocarbonyl (C=S) groups is 1. The van der Waals surface area contributed by atoms with Crippen LogP contribution in [0, 0.1) is 0 Å². The Morgan fingerprint density at radius 3 is 2.63 bits per heavy atom. The van der Waals surface area contributed by atoms with Gasteiger partial charge in [-0.05, 0) is 56.1 Å². The zero-order valence-electron chi connectivity index (χ0n) is 16.2. The maximum atomic E-state index is 12.6. The molecule has 0 bridgehead atoms. The van der Waals surface area contributed by atoms with Gasteiger partial charge >= 0.3 is 5.97 Å². The summed E-state index contributed by atoms with van der Waals surface area (Å²) >= 11 is 5.59. The molecule has 1 aromatic carbocycles. The van der Waals surface area contributed by atoms with E-state index in [4.69, 9.17) is 26.4 Å². The molecule has 0 radical (unpaired) electrons. The first-order valence-electron chi connectivity index (χ1n) is 9.21. The number of ether oxygens (including phenoxy) is 3. The van der Waals surface area contributed by atoms with Crippen LogP contribution in [0.25, 0.3) is 0 Å². The third-order valence-electron chi connectivity index (χ3n) is 4.83. The molecule has 1 fully saturated rings. The first-order valence-corrected chi connectivity index (χ1v) is 9.62. The minimum absolute atomic E-state index is 0.358. The largest absolute Gasteiger partial charge is 0.493 e. The summed E-state index contributed by atoms with van der Waals surface area (Å²) < 4.78 is 16.3. The Bertz CT molecular complexity index is 773. The Hall–Kier alpha value is -2.28. The van der Waals surface area contributed by atoms with Gasteiger partial charge in [-0.15, -0.1) is 0 Å². The second-order valence-electron chi connectivity index (χ2n) is 6.73. The Morgan fingerprint density at radius 1 is 1.30 bits per heavy atom. The monoisotopic (exact) mass is 390 g/mol. The van der Waals surface area contributed by atoms with Gasteiger partial charge in [0, 0.05) is 11.7 Å². The molecule has 3 rings (SSSR count). The highest BCUT2D eigenvalue weighted by Gasteiger charge is 2.40. The third-order valence-corrected chi connectivity index (χ3v) is 5.14. The zero-order valence-corrected chi connectivity index (χ0v) is 17.0. The standard InChI is InChI=1S/C20H26N2O4S/c1-5-10-26-15-9-6-13(11-16(15)24-3)18-17(19(23)25-4)12(2)22(14-7-8-14)20(27)21-18/h6,9,11,14,18H,5,7-8,10H2,1-4H3,(H,21,27). The average Bonchev–Trinajstić information content (AvgIpc) is 3.50. The molecule has 27 heavy (non-hydrogen) atoms. The van der Waals surface area contributed by atoms with Crippen molar-refractivity contribution >= 4 is 23.3 Å². The van der Waals surface area contributed by atoms with Gasteiger partial charge in [-0.2, -0.15) is 0 Å². The lowest BCUT2D eigenvalue weighted by Crippen LogP contribution is -2.48. The molecule has 1 N–H and O–H groups in total. The molecule has 1 aromatic rings. The molecular weight excluding hydrogens is 364 g/mol. The molecular formula is C20H26N2O4S. The summed E-state index contributed by atoms with van der Waals surface area (Å²) in [7, 11) is 3.00. The van der Waals surface area contributed by atoms with Crippen LogP contribution in [-0.4, -0.2) is 42.8 Å². The van der Waals surface area contributed by atoms with E-state index in [0.29, 0.717) is 34.8 Å².